The van der Waals surface area contributed by atoms with Gasteiger partial charge in [0.25, 0.3) is 0 Å². The van der Waals surface area contributed by atoms with Crippen LogP contribution in [0.2, 0.25) is 5.02 Å². The van der Waals surface area contributed by atoms with Gasteiger partial charge in [-0.05, 0) is 91.8 Å². The SMILES string of the molecule is C#Cc1c(F)ccc2cc(O)cc(-c3ncc4c(N5CC6CCC(C5)N6)nc(OC[C@@H]5CCCN5CCCOCCC(=O)N[C@H](C(=O)N5C[C@H](O)C[C@H]5C(=O)N[C@@H](C)c5ccc(-c6ccccc6Cl)cc5)C(C)(C)C)nc4c3F)c12. The normalized spacial score (nSPS) is 21.0. The van der Waals surface area contributed by atoms with E-state index in [1.54, 1.807) is 0 Å². The van der Waals surface area contributed by atoms with Crippen molar-refractivity contribution in [1.29, 1.82) is 0 Å². The lowest BCUT2D eigenvalue weighted by atomic mass is 9.85. The summed E-state index contributed by atoms with van der Waals surface area (Å²) < 4.78 is 44.5. The molecule has 4 saturated heterocycles. The lowest BCUT2D eigenvalue weighted by Gasteiger charge is -2.35. The van der Waals surface area contributed by atoms with Crippen LogP contribution >= 0.6 is 11.6 Å². The molecule has 0 aliphatic carbocycles. The number of carbonyl (C=O) groups excluding carboxylic acids is 3. The monoisotopic (exact) mass is 1110 g/mol. The minimum absolute atomic E-state index is 0.00934. The van der Waals surface area contributed by atoms with E-state index in [1.165, 1.54) is 35.4 Å². The van der Waals surface area contributed by atoms with Crippen molar-refractivity contribution in [3.8, 4) is 46.5 Å². The molecule has 10 rings (SSSR count). The van der Waals surface area contributed by atoms with E-state index >= 15 is 8.78 Å². The van der Waals surface area contributed by atoms with Gasteiger partial charge in [0.2, 0.25) is 17.7 Å². The van der Waals surface area contributed by atoms with Crippen LogP contribution in [0.3, 0.4) is 0 Å². The van der Waals surface area contributed by atoms with E-state index < -0.39 is 53.1 Å². The smallest absolute Gasteiger partial charge is 0.319 e. The van der Waals surface area contributed by atoms with Gasteiger partial charge in [0, 0.05) is 91.5 Å². The summed E-state index contributed by atoms with van der Waals surface area (Å²) in [6.07, 6.45) is 11.0. The molecule has 5 N–H and O–H groups in total. The highest BCUT2D eigenvalue weighted by molar-refractivity contribution is 6.33. The van der Waals surface area contributed by atoms with Crippen LogP contribution in [0.25, 0.3) is 44.1 Å². The first-order valence-electron chi connectivity index (χ1n) is 27.6. The number of nitrogens with one attached hydrogen (secondary N) is 3. The van der Waals surface area contributed by atoms with Crippen LogP contribution in [-0.4, -0.2) is 142 Å². The third-order valence-corrected chi connectivity index (χ3v) is 16.3. The number of likely N-dealkylation sites (tertiary alicyclic amines) is 2. The van der Waals surface area contributed by atoms with Gasteiger partial charge < -0.3 is 45.4 Å². The van der Waals surface area contributed by atoms with E-state index in [9.17, 15) is 24.6 Å². The minimum atomic E-state index is -0.975. The van der Waals surface area contributed by atoms with Crippen molar-refractivity contribution in [1.82, 2.24) is 40.7 Å². The Bertz CT molecular complexity index is 3330. The molecular formula is C61H68ClF2N9O7. The fourth-order valence-corrected chi connectivity index (χ4v) is 12.1. The molecule has 19 heteroatoms. The molecular weight excluding hydrogens is 1040 g/mol. The number of anilines is 1. The maximum atomic E-state index is 17.1. The summed E-state index contributed by atoms with van der Waals surface area (Å²) >= 11 is 6.41. The molecule has 4 aromatic carbocycles. The Morgan fingerprint density at radius 2 is 1.73 bits per heavy atom. The number of hydrogen-bond acceptors (Lipinski definition) is 13. The number of carbonyl (C=O) groups is 3. The second-order valence-corrected chi connectivity index (χ2v) is 23.1. The van der Waals surface area contributed by atoms with Gasteiger partial charge >= 0.3 is 6.01 Å². The third-order valence-electron chi connectivity index (χ3n) is 16.0. The van der Waals surface area contributed by atoms with Crippen molar-refractivity contribution in [3.05, 3.63) is 107 Å². The number of phenols is 1. The van der Waals surface area contributed by atoms with Crippen LogP contribution in [0.4, 0.5) is 14.6 Å². The number of nitrogens with zero attached hydrogens (tertiary/aromatic N) is 6. The van der Waals surface area contributed by atoms with E-state index in [2.05, 4.69) is 41.6 Å². The van der Waals surface area contributed by atoms with Gasteiger partial charge in [0.15, 0.2) is 5.82 Å². The van der Waals surface area contributed by atoms with Gasteiger partial charge in [-0.3, -0.25) is 24.3 Å². The highest BCUT2D eigenvalue weighted by Gasteiger charge is 2.45. The maximum absolute atomic E-state index is 17.1. The van der Waals surface area contributed by atoms with Gasteiger partial charge in [0.1, 0.15) is 47.3 Å². The molecule has 0 radical (unpaired) electrons. The van der Waals surface area contributed by atoms with E-state index in [0.29, 0.717) is 54.3 Å². The lowest BCUT2D eigenvalue weighted by Crippen LogP contribution is -2.58. The molecule has 420 valence electrons. The number of fused-ring (bicyclic) bond motifs is 4. The topological polar surface area (TPSA) is 195 Å². The van der Waals surface area contributed by atoms with Crippen molar-refractivity contribution in [3.63, 3.8) is 0 Å². The zero-order valence-corrected chi connectivity index (χ0v) is 46.2. The Labute approximate surface area is 469 Å². The number of halogens is 3. The molecule has 4 aliphatic heterocycles. The number of terminal acetylenes is 1. The number of aliphatic hydroxyl groups excluding tert-OH is 1. The summed E-state index contributed by atoms with van der Waals surface area (Å²) in [6, 6.07) is 19.0. The van der Waals surface area contributed by atoms with Crippen molar-refractivity contribution < 1.29 is 42.9 Å². The Morgan fingerprint density at radius 3 is 2.46 bits per heavy atom. The lowest BCUT2D eigenvalue weighted by molar-refractivity contribution is -0.144. The summed E-state index contributed by atoms with van der Waals surface area (Å²) in [4.78, 5) is 61.4. The average Bonchev–Trinajstić information content (AvgIpc) is 4.23. The molecule has 16 nitrogen and oxygen atoms in total. The number of rotatable bonds is 18. The zero-order valence-electron chi connectivity index (χ0n) is 45.5. The molecule has 3 amide bonds. The minimum Gasteiger partial charge on any atom is -0.508 e. The van der Waals surface area contributed by atoms with E-state index in [1.807, 2.05) is 76.2 Å². The summed E-state index contributed by atoms with van der Waals surface area (Å²) in [5.74, 6) is 0.0804. The van der Waals surface area contributed by atoms with Crippen molar-refractivity contribution in [2.75, 3.05) is 57.4 Å². The van der Waals surface area contributed by atoms with Crippen molar-refractivity contribution in [2.45, 2.75) is 115 Å². The highest BCUT2D eigenvalue weighted by atomic mass is 35.5. The fourth-order valence-electron chi connectivity index (χ4n) is 11.8. The van der Waals surface area contributed by atoms with Crippen LogP contribution < -0.4 is 25.6 Å². The Balaban J connectivity index is 0.733. The zero-order chi connectivity index (χ0) is 56.4. The molecule has 0 spiro atoms. The first kappa shape index (κ1) is 56.3. The molecule has 7 atom stereocenters. The quantitative estimate of drug-likeness (QED) is 0.0410. The van der Waals surface area contributed by atoms with Crippen LogP contribution in [0.15, 0.2) is 79.0 Å². The summed E-state index contributed by atoms with van der Waals surface area (Å²) in [5, 5.41) is 32.7. The van der Waals surface area contributed by atoms with Crippen molar-refractivity contribution >= 4 is 56.8 Å². The predicted octanol–water partition coefficient (Wildman–Crippen LogP) is 8.08. The van der Waals surface area contributed by atoms with Gasteiger partial charge in [-0.25, -0.2) is 8.78 Å². The fraction of sp³-hybridized carbons (Fsp3) is 0.443. The van der Waals surface area contributed by atoms with Crippen LogP contribution in [0, 0.1) is 29.4 Å². The number of benzene rings is 4. The number of aromatic hydroxyl groups is 1. The van der Waals surface area contributed by atoms with E-state index in [4.69, 9.17) is 32.5 Å². The first-order valence-corrected chi connectivity index (χ1v) is 28.0. The number of aromatic nitrogens is 3. The highest BCUT2D eigenvalue weighted by Crippen LogP contribution is 2.40. The number of hydrogen-bond donors (Lipinski definition) is 5. The second kappa shape index (κ2) is 24.0. The predicted molar refractivity (Wildman–Crippen MR) is 303 cm³/mol. The van der Waals surface area contributed by atoms with Crippen LogP contribution in [0.5, 0.6) is 11.8 Å². The molecule has 80 heavy (non-hydrogen) atoms. The molecule has 4 aliphatic rings. The van der Waals surface area contributed by atoms with Gasteiger partial charge in [0.05, 0.1) is 29.7 Å². The Kier molecular flexibility index (Phi) is 16.9. The molecule has 4 fully saturated rings. The molecule has 6 heterocycles. The number of β-amino-alcohol motifs (C(OH)–C–C–N with tert-alkyl or cyclic N) is 1. The van der Waals surface area contributed by atoms with Crippen LogP contribution in [0.1, 0.15) is 89.8 Å². The first-order chi connectivity index (χ1) is 38.4. The molecule has 2 bridgehead atoms. The largest absolute Gasteiger partial charge is 0.508 e. The Morgan fingerprint density at radius 1 is 0.963 bits per heavy atom. The average molecular weight is 1110 g/mol. The Hall–Kier alpha value is -7.01. The number of pyridine rings is 1. The van der Waals surface area contributed by atoms with Crippen molar-refractivity contribution in [2.24, 2.45) is 5.41 Å². The molecule has 6 aromatic rings. The van der Waals surface area contributed by atoms with Crippen LogP contribution in [-0.2, 0) is 19.1 Å². The number of phenolic OH excluding ortho intramolecular Hbond substituents is 1. The molecule has 2 unspecified atom stereocenters. The molecule has 0 saturated carbocycles. The third kappa shape index (κ3) is 12.2. The molecule has 2 aromatic heterocycles. The summed E-state index contributed by atoms with van der Waals surface area (Å²) in [6.45, 7) is 11.0. The summed E-state index contributed by atoms with van der Waals surface area (Å²) in [7, 11) is 0. The van der Waals surface area contributed by atoms with Gasteiger partial charge in [-0.15, -0.1) is 6.42 Å². The van der Waals surface area contributed by atoms with Gasteiger partial charge in [-0.2, -0.15) is 9.97 Å². The standard InChI is InChI=1S/C61H68ClF2N9O7/c1-6-44-49(63)21-18-38-27-42(74)28-46(52(38)44)54-53(64)55-47(30-65-54)57(72-31-39-19-20-40(32-72)67-39)70-60(69-55)80-34-41-11-9-23-71(41)24-10-25-79-26-22-51(76)68-56(61(3,4)5)59(78)73-33-43(75)29-50(73)58(77)66-35(2)36-14-16-37(17-15-36)45-12-7-8-13-48(45)62/h1,7-8,12-18,21,27-28,30,35,39-41,43,50,56,67,74-75H,9-11,19-20,22-26,29,31-34H2,2-5H3,(H,66,77)(H,68,76)/t35-,39?,40?,41-,43+,50-,56+/m0/s1. The summed E-state index contributed by atoms with van der Waals surface area (Å²) in [5.41, 5.74) is 1.85. The maximum Gasteiger partial charge on any atom is 0.319 e. The van der Waals surface area contributed by atoms with E-state index in [0.717, 1.165) is 48.9 Å². The number of piperazine rings is 1. The number of ether oxygens (including phenoxy) is 2. The van der Waals surface area contributed by atoms with Gasteiger partial charge in [-0.1, -0.05) is 86.8 Å². The second-order valence-electron chi connectivity index (χ2n) is 22.7. The number of amides is 3. The van der Waals surface area contributed by atoms with E-state index in [-0.39, 0.29) is 96.1 Å². The number of aliphatic hydroxyl groups is 1.